The Morgan fingerprint density at radius 3 is 2.35 bits per heavy atom. The minimum atomic E-state index is -4.79. The van der Waals surface area contributed by atoms with Crippen molar-refractivity contribution in [2.24, 2.45) is 0 Å². The van der Waals surface area contributed by atoms with Crippen LogP contribution in [-0.2, 0) is 6.18 Å². The molecule has 0 bridgehead atoms. The molecule has 0 radical (unpaired) electrons. The fourth-order valence-electron chi connectivity index (χ4n) is 3.31. The Hall–Kier alpha value is -4.22. The number of hydrogen-bond acceptors (Lipinski definition) is 6. The number of nitrogens with zero attached hydrogens (tertiary/aromatic N) is 3. The van der Waals surface area contributed by atoms with Crippen LogP contribution >= 0.6 is 0 Å². The first kappa shape index (κ1) is 19.3. The molecule has 7 nitrogen and oxygen atoms in total. The highest BCUT2D eigenvalue weighted by atomic mass is 19.4. The summed E-state index contributed by atoms with van der Waals surface area (Å²) in [6, 6.07) is 7.76. The Morgan fingerprint density at radius 1 is 1.06 bits per heavy atom. The van der Waals surface area contributed by atoms with Crippen molar-refractivity contribution in [3.63, 3.8) is 0 Å². The first-order valence-corrected chi connectivity index (χ1v) is 9.37. The van der Waals surface area contributed by atoms with E-state index in [-0.39, 0.29) is 45.2 Å². The predicted octanol–water partition coefficient (Wildman–Crippen LogP) is 4.66. The van der Waals surface area contributed by atoms with Crippen LogP contribution in [0.4, 0.5) is 27.6 Å². The highest BCUT2D eigenvalue weighted by molar-refractivity contribution is 5.96. The maximum atomic E-state index is 13.6. The van der Waals surface area contributed by atoms with Gasteiger partial charge in [-0.05, 0) is 42.5 Å². The number of ether oxygens (including phenoxy) is 2. The van der Waals surface area contributed by atoms with Gasteiger partial charge in [-0.15, -0.1) is 0 Å². The van der Waals surface area contributed by atoms with Gasteiger partial charge in [0.25, 0.3) is 5.56 Å². The molecule has 0 spiro atoms. The predicted molar refractivity (Wildman–Crippen MR) is 113 cm³/mol. The van der Waals surface area contributed by atoms with Crippen LogP contribution < -0.4 is 20.8 Å². The third-order valence-electron chi connectivity index (χ3n) is 4.81. The fraction of sp³-hybridized carbons (Fsp3) is 0.136. The number of nitrogen functional groups attached to an aromatic ring is 1. The van der Waals surface area contributed by atoms with Crippen LogP contribution in [0.15, 0.2) is 59.7 Å². The number of methoxy groups -OCH3 is 1. The van der Waals surface area contributed by atoms with E-state index in [1.54, 1.807) is 0 Å². The number of aromatic nitrogens is 3. The molecule has 3 heterocycles. The molecule has 3 aromatic heterocycles. The van der Waals surface area contributed by atoms with Crippen LogP contribution in [0.2, 0.25) is 0 Å². The van der Waals surface area contributed by atoms with Gasteiger partial charge in [0.15, 0.2) is 0 Å². The van der Waals surface area contributed by atoms with Crippen molar-refractivity contribution in [3.05, 3.63) is 70.8 Å². The molecule has 0 saturated heterocycles. The standard InChI is InChI=1S/C22H15F5N4O3/c1-33-14-6-7-15(29-10-14)17-18(28)19-16(8-11(9-30-19)22(25,26)27)31(20(17)32)12-2-4-13(5-3-12)34-21(23)24/h2-10,21H,28H2,1H3/i1D3. The molecule has 1 aromatic carbocycles. The molecule has 176 valence electrons. The van der Waals surface area contributed by atoms with Crippen molar-refractivity contribution in [2.75, 3.05) is 12.8 Å². The van der Waals surface area contributed by atoms with Crippen molar-refractivity contribution in [2.45, 2.75) is 12.8 Å². The van der Waals surface area contributed by atoms with Gasteiger partial charge in [-0.1, -0.05) is 0 Å². The van der Waals surface area contributed by atoms with Crippen LogP contribution in [0.1, 0.15) is 9.68 Å². The van der Waals surface area contributed by atoms with Crippen molar-refractivity contribution >= 4 is 16.7 Å². The monoisotopic (exact) mass is 481 g/mol. The number of pyridine rings is 3. The lowest BCUT2D eigenvalue weighted by atomic mass is 10.1. The third kappa shape index (κ3) is 4.21. The van der Waals surface area contributed by atoms with Gasteiger partial charge in [0.1, 0.15) is 17.0 Å². The van der Waals surface area contributed by atoms with Gasteiger partial charge in [-0.25, -0.2) is 0 Å². The molecule has 0 aliphatic carbocycles. The van der Waals surface area contributed by atoms with E-state index in [0.717, 1.165) is 22.9 Å². The van der Waals surface area contributed by atoms with Gasteiger partial charge < -0.3 is 15.2 Å². The summed E-state index contributed by atoms with van der Waals surface area (Å²) in [5.74, 6) is -0.376. The lowest BCUT2D eigenvalue weighted by Gasteiger charge is -2.17. The van der Waals surface area contributed by atoms with Crippen molar-refractivity contribution in [3.8, 4) is 28.4 Å². The third-order valence-corrected chi connectivity index (χ3v) is 4.81. The van der Waals surface area contributed by atoms with Crippen LogP contribution in [0.3, 0.4) is 0 Å². The fourth-order valence-corrected chi connectivity index (χ4v) is 3.31. The van der Waals surface area contributed by atoms with E-state index in [2.05, 4.69) is 14.7 Å². The van der Waals surface area contributed by atoms with E-state index in [1.807, 2.05) is 0 Å². The summed E-state index contributed by atoms with van der Waals surface area (Å²) in [5, 5.41) is 0. The second kappa shape index (κ2) is 8.61. The van der Waals surface area contributed by atoms with Crippen LogP contribution in [0.25, 0.3) is 28.0 Å². The van der Waals surface area contributed by atoms with Gasteiger partial charge in [0, 0.05) is 11.9 Å². The summed E-state index contributed by atoms with van der Waals surface area (Å²) >= 11 is 0. The molecule has 0 saturated carbocycles. The number of alkyl halides is 5. The topological polar surface area (TPSA) is 92.3 Å². The maximum Gasteiger partial charge on any atom is 0.417 e. The zero-order valence-corrected chi connectivity index (χ0v) is 16.8. The van der Waals surface area contributed by atoms with Crippen molar-refractivity contribution < 1.29 is 35.5 Å². The molecule has 0 amide bonds. The summed E-state index contributed by atoms with van der Waals surface area (Å²) in [5.41, 5.74) is 3.07. The number of rotatable bonds is 5. The first-order chi connectivity index (χ1) is 17.2. The van der Waals surface area contributed by atoms with Crippen LogP contribution in [0, 0.1) is 0 Å². The Morgan fingerprint density at radius 2 is 1.76 bits per heavy atom. The molecule has 0 fully saturated rings. The molecule has 0 aliphatic rings. The van der Waals surface area contributed by atoms with Crippen LogP contribution in [0.5, 0.6) is 11.5 Å². The van der Waals surface area contributed by atoms with E-state index < -0.39 is 30.9 Å². The summed E-state index contributed by atoms with van der Waals surface area (Å²) < 4.78 is 96.7. The molecule has 0 unspecified atom stereocenters. The lowest BCUT2D eigenvalue weighted by Crippen LogP contribution is -2.23. The van der Waals surface area contributed by atoms with E-state index in [0.29, 0.717) is 12.3 Å². The maximum absolute atomic E-state index is 13.6. The quantitative estimate of drug-likeness (QED) is 0.417. The molecule has 2 N–H and O–H groups in total. The highest BCUT2D eigenvalue weighted by Gasteiger charge is 2.32. The van der Waals surface area contributed by atoms with Crippen LogP contribution in [-0.4, -0.2) is 28.2 Å². The molecular formula is C22H15F5N4O3. The number of benzene rings is 1. The SMILES string of the molecule is [2H]C([2H])([2H])Oc1ccc(-c2c(N)c3ncc(C(F)(F)F)cc3n(-c3ccc(OC(F)F)cc3)c2=O)nc1. The molecule has 12 heteroatoms. The van der Waals surface area contributed by atoms with E-state index in [4.69, 9.17) is 14.6 Å². The summed E-state index contributed by atoms with van der Waals surface area (Å²) in [4.78, 5) is 21.5. The molecule has 4 aromatic rings. The molecule has 4 rings (SSSR count). The average molecular weight is 481 g/mol. The second-order valence-corrected chi connectivity index (χ2v) is 6.87. The van der Waals surface area contributed by atoms with Gasteiger partial charge in [-0.2, -0.15) is 22.0 Å². The van der Waals surface area contributed by atoms with Gasteiger partial charge in [-0.3, -0.25) is 19.3 Å². The van der Waals surface area contributed by atoms with E-state index in [9.17, 15) is 26.7 Å². The Balaban J connectivity index is 1.96. The molecular weight excluding hydrogens is 463 g/mol. The Labute approximate surface area is 192 Å². The Bertz CT molecular complexity index is 1510. The number of halogens is 5. The summed E-state index contributed by atoms with van der Waals surface area (Å²) in [7, 11) is -2.75. The normalized spacial score (nSPS) is 13.4. The number of nitrogens with two attached hydrogens (primary N) is 1. The van der Waals surface area contributed by atoms with E-state index >= 15 is 0 Å². The van der Waals surface area contributed by atoms with Gasteiger partial charge in [0.2, 0.25) is 0 Å². The van der Waals surface area contributed by atoms with Crippen molar-refractivity contribution in [1.82, 2.24) is 14.5 Å². The summed E-state index contributed by atoms with van der Waals surface area (Å²) in [6.07, 6.45) is -3.20. The molecule has 0 atom stereocenters. The largest absolute Gasteiger partial charge is 0.495 e. The van der Waals surface area contributed by atoms with Gasteiger partial charge in [0.05, 0.1) is 45.4 Å². The lowest BCUT2D eigenvalue weighted by molar-refractivity contribution is -0.137. The Kier molecular flexibility index (Phi) is 4.88. The smallest absolute Gasteiger partial charge is 0.417 e. The van der Waals surface area contributed by atoms with Crippen molar-refractivity contribution in [1.29, 1.82) is 0 Å². The number of hydrogen-bond donors (Lipinski definition) is 1. The average Bonchev–Trinajstić information content (AvgIpc) is 2.79. The minimum Gasteiger partial charge on any atom is -0.495 e. The summed E-state index contributed by atoms with van der Waals surface area (Å²) in [6.45, 7) is -3.11. The van der Waals surface area contributed by atoms with Gasteiger partial charge >= 0.3 is 12.8 Å². The molecule has 34 heavy (non-hydrogen) atoms. The number of anilines is 1. The minimum absolute atomic E-state index is 0.00125. The highest BCUT2D eigenvalue weighted by Crippen LogP contribution is 2.34. The second-order valence-electron chi connectivity index (χ2n) is 6.87. The zero-order chi connectivity index (χ0) is 27.1. The first-order valence-electron chi connectivity index (χ1n) is 10.9. The zero-order valence-electron chi connectivity index (χ0n) is 19.8. The molecule has 0 aliphatic heterocycles. The number of fused-ring (bicyclic) bond motifs is 1. The van der Waals surface area contributed by atoms with E-state index in [1.165, 1.54) is 24.3 Å².